The van der Waals surface area contributed by atoms with Crippen molar-refractivity contribution in [2.24, 2.45) is 5.73 Å². The molecule has 0 spiro atoms. The molecule has 4 heteroatoms. The number of nitrogens with zero attached hydrogens (tertiary/aromatic N) is 2. The van der Waals surface area contributed by atoms with Crippen LogP contribution in [0.5, 0.6) is 0 Å². The van der Waals surface area contributed by atoms with E-state index in [1.165, 1.54) is 50.0 Å². The minimum Gasteiger partial charge on any atom is -0.370 e. The standard InChI is InChI=1S/C14H24N4/c15-10-12-7-8-16-14-9-13(17-18(12)14)11-5-3-1-2-4-6-11/h9,11-12,16H,1-8,10,15H2. The summed E-state index contributed by atoms with van der Waals surface area (Å²) in [5.74, 6) is 1.85. The summed E-state index contributed by atoms with van der Waals surface area (Å²) in [4.78, 5) is 0. The first kappa shape index (κ1) is 12.0. The van der Waals surface area contributed by atoms with Gasteiger partial charge in [0.1, 0.15) is 5.82 Å². The molecule has 1 aromatic rings. The molecule has 4 nitrogen and oxygen atoms in total. The topological polar surface area (TPSA) is 55.9 Å². The summed E-state index contributed by atoms with van der Waals surface area (Å²) in [6.07, 6.45) is 9.23. The lowest BCUT2D eigenvalue weighted by atomic mass is 9.97. The Kier molecular flexibility index (Phi) is 3.55. The molecule has 1 aliphatic heterocycles. The van der Waals surface area contributed by atoms with Crippen LogP contribution in [-0.4, -0.2) is 22.9 Å². The van der Waals surface area contributed by atoms with Gasteiger partial charge in [0.15, 0.2) is 0 Å². The Morgan fingerprint density at radius 1 is 1.22 bits per heavy atom. The van der Waals surface area contributed by atoms with E-state index in [-0.39, 0.29) is 0 Å². The minimum atomic E-state index is 0.390. The second-order valence-electron chi connectivity index (χ2n) is 5.69. The van der Waals surface area contributed by atoms with Crippen molar-refractivity contribution in [2.75, 3.05) is 18.4 Å². The van der Waals surface area contributed by atoms with Gasteiger partial charge in [-0.2, -0.15) is 5.10 Å². The van der Waals surface area contributed by atoms with Crippen LogP contribution in [0.4, 0.5) is 5.82 Å². The van der Waals surface area contributed by atoms with Gasteiger partial charge in [-0.25, -0.2) is 4.68 Å². The number of rotatable bonds is 2. The predicted molar refractivity (Wildman–Crippen MR) is 73.9 cm³/mol. The van der Waals surface area contributed by atoms with E-state index in [2.05, 4.69) is 16.1 Å². The first-order valence-electron chi connectivity index (χ1n) is 7.42. The highest BCUT2D eigenvalue weighted by molar-refractivity contribution is 5.40. The zero-order valence-electron chi connectivity index (χ0n) is 11.1. The first-order chi connectivity index (χ1) is 8.88. The zero-order valence-corrected chi connectivity index (χ0v) is 11.1. The van der Waals surface area contributed by atoms with Crippen molar-refractivity contribution in [2.45, 2.75) is 56.9 Å². The number of hydrogen-bond acceptors (Lipinski definition) is 3. The van der Waals surface area contributed by atoms with Crippen LogP contribution in [-0.2, 0) is 0 Å². The molecule has 1 atom stereocenters. The quantitative estimate of drug-likeness (QED) is 0.791. The third-order valence-corrected chi connectivity index (χ3v) is 4.43. The third-order valence-electron chi connectivity index (χ3n) is 4.43. The van der Waals surface area contributed by atoms with Crippen molar-refractivity contribution in [3.05, 3.63) is 11.8 Å². The Morgan fingerprint density at radius 3 is 2.72 bits per heavy atom. The number of fused-ring (bicyclic) bond motifs is 1. The highest BCUT2D eigenvalue weighted by Crippen LogP contribution is 2.34. The average molecular weight is 248 g/mol. The molecule has 3 N–H and O–H groups in total. The van der Waals surface area contributed by atoms with E-state index >= 15 is 0 Å². The smallest absolute Gasteiger partial charge is 0.124 e. The van der Waals surface area contributed by atoms with Gasteiger partial charge in [0, 0.05) is 25.1 Å². The van der Waals surface area contributed by atoms with Gasteiger partial charge in [0.05, 0.1) is 11.7 Å². The molecule has 2 heterocycles. The second-order valence-corrected chi connectivity index (χ2v) is 5.69. The van der Waals surface area contributed by atoms with Crippen LogP contribution >= 0.6 is 0 Å². The Morgan fingerprint density at radius 2 is 2.00 bits per heavy atom. The van der Waals surface area contributed by atoms with Gasteiger partial charge in [-0.1, -0.05) is 25.7 Å². The van der Waals surface area contributed by atoms with E-state index in [0.29, 0.717) is 18.5 Å². The Hall–Kier alpha value is -1.03. The maximum Gasteiger partial charge on any atom is 0.124 e. The minimum absolute atomic E-state index is 0.390. The number of anilines is 1. The molecule has 0 radical (unpaired) electrons. The second kappa shape index (κ2) is 5.31. The molecule has 1 saturated carbocycles. The van der Waals surface area contributed by atoms with Crippen molar-refractivity contribution in [1.82, 2.24) is 9.78 Å². The van der Waals surface area contributed by atoms with Gasteiger partial charge in [-0.15, -0.1) is 0 Å². The monoisotopic (exact) mass is 248 g/mol. The highest BCUT2D eigenvalue weighted by atomic mass is 15.4. The molecule has 100 valence electrons. The summed E-state index contributed by atoms with van der Waals surface area (Å²) in [5.41, 5.74) is 7.13. The first-order valence-corrected chi connectivity index (χ1v) is 7.42. The lowest BCUT2D eigenvalue weighted by Crippen LogP contribution is -2.28. The zero-order chi connectivity index (χ0) is 12.4. The van der Waals surface area contributed by atoms with E-state index in [1.54, 1.807) is 0 Å². The molecule has 0 saturated heterocycles. The van der Waals surface area contributed by atoms with Crippen molar-refractivity contribution < 1.29 is 0 Å². The predicted octanol–water partition coefficient (Wildman–Crippen LogP) is 2.64. The van der Waals surface area contributed by atoms with Crippen LogP contribution in [0.15, 0.2) is 6.07 Å². The molecule has 0 bridgehead atoms. The summed E-state index contributed by atoms with van der Waals surface area (Å²) in [5, 5.41) is 8.29. The van der Waals surface area contributed by atoms with Crippen molar-refractivity contribution in [1.29, 1.82) is 0 Å². The van der Waals surface area contributed by atoms with Gasteiger partial charge in [0.2, 0.25) is 0 Å². The molecule has 1 fully saturated rings. The SMILES string of the molecule is NCC1CCNc2cc(C3CCCCCC3)nn21. The van der Waals surface area contributed by atoms with E-state index in [4.69, 9.17) is 10.8 Å². The van der Waals surface area contributed by atoms with Crippen LogP contribution in [0, 0.1) is 0 Å². The average Bonchev–Trinajstić information content (AvgIpc) is 2.65. The fourth-order valence-electron chi connectivity index (χ4n) is 3.31. The molecular weight excluding hydrogens is 224 g/mol. The highest BCUT2D eigenvalue weighted by Gasteiger charge is 2.24. The Labute approximate surface area is 109 Å². The number of aromatic nitrogens is 2. The van der Waals surface area contributed by atoms with Crippen LogP contribution in [0.2, 0.25) is 0 Å². The van der Waals surface area contributed by atoms with E-state index in [9.17, 15) is 0 Å². The number of nitrogens with two attached hydrogens (primary N) is 1. The van der Waals surface area contributed by atoms with Gasteiger partial charge in [-0.3, -0.25) is 0 Å². The number of hydrogen-bond donors (Lipinski definition) is 2. The fourth-order valence-corrected chi connectivity index (χ4v) is 3.31. The lowest BCUT2D eigenvalue weighted by molar-refractivity contribution is 0.420. The number of nitrogens with one attached hydrogen (secondary N) is 1. The van der Waals surface area contributed by atoms with E-state index in [1.807, 2.05) is 0 Å². The van der Waals surface area contributed by atoms with Gasteiger partial charge >= 0.3 is 0 Å². The lowest BCUT2D eigenvalue weighted by Gasteiger charge is -2.24. The molecule has 1 aliphatic carbocycles. The van der Waals surface area contributed by atoms with E-state index in [0.717, 1.165) is 13.0 Å². The molecule has 0 aromatic carbocycles. The maximum atomic E-state index is 5.84. The summed E-state index contributed by atoms with van der Waals surface area (Å²) < 4.78 is 2.13. The van der Waals surface area contributed by atoms with Crippen LogP contribution in [0.1, 0.15) is 62.6 Å². The van der Waals surface area contributed by atoms with Crippen molar-refractivity contribution in [3.63, 3.8) is 0 Å². The van der Waals surface area contributed by atoms with Crippen LogP contribution in [0.25, 0.3) is 0 Å². The van der Waals surface area contributed by atoms with Gasteiger partial charge < -0.3 is 11.1 Å². The fraction of sp³-hybridized carbons (Fsp3) is 0.786. The van der Waals surface area contributed by atoms with Crippen LogP contribution in [0.3, 0.4) is 0 Å². The third kappa shape index (κ3) is 2.26. The molecule has 1 aromatic heterocycles. The Balaban J connectivity index is 1.82. The molecule has 1 unspecified atom stereocenters. The van der Waals surface area contributed by atoms with Gasteiger partial charge in [-0.05, 0) is 19.3 Å². The summed E-state index contributed by atoms with van der Waals surface area (Å²) in [6.45, 7) is 1.72. The van der Waals surface area contributed by atoms with Gasteiger partial charge in [0.25, 0.3) is 0 Å². The maximum absolute atomic E-state index is 5.84. The summed E-state index contributed by atoms with van der Waals surface area (Å²) >= 11 is 0. The van der Waals surface area contributed by atoms with Crippen molar-refractivity contribution >= 4 is 5.82 Å². The molecule has 18 heavy (non-hydrogen) atoms. The largest absolute Gasteiger partial charge is 0.370 e. The van der Waals surface area contributed by atoms with Crippen molar-refractivity contribution in [3.8, 4) is 0 Å². The normalized spacial score (nSPS) is 25.3. The molecule has 2 aliphatic rings. The Bertz CT molecular complexity index is 390. The van der Waals surface area contributed by atoms with Crippen LogP contribution < -0.4 is 11.1 Å². The van der Waals surface area contributed by atoms with E-state index < -0.39 is 0 Å². The summed E-state index contributed by atoms with van der Waals surface area (Å²) in [6, 6.07) is 2.65. The molecule has 3 rings (SSSR count). The molecular formula is C14H24N4. The molecule has 0 amide bonds. The summed E-state index contributed by atoms with van der Waals surface area (Å²) in [7, 11) is 0.